The molecule has 0 aliphatic carbocycles. The lowest BCUT2D eigenvalue weighted by Crippen LogP contribution is -2.14. The number of H-pyrrole nitrogens is 1. The monoisotopic (exact) mass is 355 g/mol. The number of hydrogen-bond donors (Lipinski definition) is 2. The van der Waals surface area contributed by atoms with Crippen molar-refractivity contribution in [3.05, 3.63) is 39.2 Å². The fourth-order valence-electron chi connectivity index (χ4n) is 1.73. The van der Waals surface area contributed by atoms with Gasteiger partial charge in [-0.05, 0) is 12.5 Å². The van der Waals surface area contributed by atoms with Crippen molar-refractivity contribution in [2.24, 2.45) is 0 Å². The van der Waals surface area contributed by atoms with Gasteiger partial charge in [0.15, 0.2) is 0 Å². The van der Waals surface area contributed by atoms with Crippen LogP contribution in [0, 0.1) is 10.1 Å². The molecule has 0 unspecified atom stereocenters. The number of thioether (sulfide) groups is 1. The number of nitrogens with one attached hydrogen (secondary N) is 2. The van der Waals surface area contributed by atoms with Crippen LogP contribution in [-0.2, 0) is 11.2 Å². The molecule has 0 radical (unpaired) electrons. The SMILES string of the molecule is CCCc1nc(SCC(=O)Nc2cc([N+](=O)[O-])ccc2Cl)n[nH]1. The highest BCUT2D eigenvalue weighted by molar-refractivity contribution is 7.99. The molecule has 122 valence electrons. The Kier molecular flexibility index (Phi) is 5.94. The molecule has 0 saturated heterocycles. The molecule has 0 saturated carbocycles. The molecule has 8 nitrogen and oxygen atoms in total. The normalized spacial score (nSPS) is 10.5. The molecule has 0 atom stereocenters. The zero-order chi connectivity index (χ0) is 16.8. The van der Waals surface area contributed by atoms with Crippen LogP contribution in [0.25, 0.3) is 0 Å². The van der Waals surface area contributed by atoms with E-state index in [1.807, 2.05) is 6.92 Å². The Bertz CT molecular complexity index is 721. The first kappa shape index (κ1) is 17.2. The Morgan fingerprint density at radius 1 is 1.52 bits per heavy atom. The predicted molar refractivity (Wildman–Crippen MR) is 87.8 cm³/mol. The van der Waals surface area contributed by atoms with Gasteiger partial charge in [0, 0.05) is 18.6 Å². The van der Waals surface area contributed by atoms with Crippen LogP contribution in [0.5, 0.6) is 0 Å². The number of nitro groups is 1. The summed E-state index contributed by atoms with van der Waals surface area (Å²) in [6.07, 6.45) is 1.74. The van der Waals surface area contributed by atoms with Gasteiger partial charge in [0.1, 0.15) is 5.82 Å². The molecular formula is C13H14ClN5O3S. The number of aromatic nitrogens is 3. The summed E-state index contributed by atoms with van der Waals surface area (Å²) in [6, 6.07) is 3.86. The third kappa shape index (κ3) is 4.93. The van der Waals surface area contributed by atoms with E-state index in [1.165, 1.54) is 30.0 Å². The van der Waals surface area contributed by atoms with Crippen LogP contribution in [0.3, 0.4) is 0 Å². The first-order chi connectivity index (χ1) is 11.0. The molecule has 0 fully saturated rings. The van der Waals surface area contributed by atoms with E-state index in [-0.39, 0.29) is 28.1 Å². The van der Waals surface area contributed by atoms with Crippen LogP contribution in [0.1, 0.15) is 19.2 Å². The second-order valence-electron chi connectivity index (χ2n) is 4.57. The van der Waals surface area contributed by atoms with Gasteiger partial charge in [-0.2, -0.15) is 0 Å². The number of carbonyl (C=O) groups is 1. The number of halogens is 1. The van der Waals surface area contributed by atoms with Gasteiger partial charge in [-0.1, -0.05) is 30.3 Å². The van der Waals surface area contributed by atoms with Gasteiger partial charge in [-0.3, -0.25) is 20.0 Å². The molecule has 0 bridgehead atoms. The highest BCUT2D eigenvalue weighted by Crippen LogP contribution is 2.27. The van der Waals surface area contributed by atoms with Crippen molar-refractivity contribution >= 4 is 40.6 Å². The number of rotatable bonds is 7. The Hall–Kier alpha value is -2.13. The second kappa shape index (κ2) is 7.93. The van der Waals surface area contributed by atoms with Crippen molar-refractivity contribution in [2.75, 3.05) is 11.1 Å². The largest absolute Gasteiger partial charge is 0.324 e. The molecule has 0 aliphatic heterocycles. The van der Waals surface area contributed by atoms with Crippen LogP contribution in [0.2, 0.25) is 5.02 Å². The van der Waals surface area contributed by atoms with Gasteiger partial charge in [-0.25, -0.2) is 4.98 Å². The minimum atomic E-state index is -0.552. The molecule has 1 aromatic carbocycles. The lowest BCUT2D eigenvalue weighted by atomic mass is 10.3. The number of non-ortho nitro benzene ring substituents is 1. The average Bonchev–Trinajstić information content (AvgIpc) is 2.95. The summed E-state index contributed by atoms with van der Waals surface area (Å²) < 4.78 is 0. The molecule has 23 heavy (non-hydrogen) atoms. The molecule has 1 heterocycles. The van der Waals surface area contributed by atoms with Crippen molar-refractivity contribution in [3.63, 3.8) is 0 Å². The number of anilines is 1. The number of benzene rings is 1. The molecule has 0 aliphatic rings. The van der Waals surface area contributed by atoms with Gasteiger partial charge < -0.3 is 5.32 Å². The Labute approximate surface area is 141 Å². The molecule has 1 amide bonds. The van der Waals surface area contributed by atoms with E-state index in [9.17, 15) is 14.9 Å². The topological polar surface area (TPSA) is 114 Å². The highest BCUT2D eigenvalue weighted by Gasteiger charge is 2.13. The molecular weight excluding hydrogens is 342 g/mol. The van der Waals surface area contributed by atoms with Gasteiger partial charge >= 0.3 is 0 Å². The lowest BCUT2D eigenvalue weighted by Gasteiger charge is -2.06. The summed E-state index contributed by atoms with van der Waals surface area (Å²) in [6.45, 7) is 2.03. The summed E-state index contributed by atoms with van der Waals surface area (Å²) in [5.74, 6) is 0.499. The number of carbonyl (C=O) groups excluding carboxylic acids is 1. The molecule has 10 heteroatoms. The number of hydrogen-bond acceptors (Lipinski definition) is 6. The van der Waals surface area contributed by atoms with E-state index in [0.717, 1.165) is 18.7 Å². The maximum atomic E-state index is 11.9. The zero-order valence-electron chi connectivity index (χ0n) is 12.2. The van der Waals surface area contributed by atoms with Crippen molar-refractivity contribution in [1.29, 1.82) is 0 Å². The van der Waals surface area contributed by atoms with Crippen molar-refractivity contribution in [3.8, 4) is 0 Å². The standard InChI is InChI=1S/C13H14ClN5O3S/c1-2-3-11-16-13(18-17-11)23-7-12(20)15-10-6-8(19(21)22)4-5-9(10)14/h4-6H,2-3,7H2,1H3,(H,15,20)(H,16,17,18). The fraction of sp³-hybridized carbons (Fsp3) is 0.308. The number of amides is 1. The number of nitrogens with zero attached hydrogens (tertiary/aromatic N) is 3. The second-order valence-corrected chi connectivity index (χ2v) is 5.92. The van der Waals surface area contributed by atoms with E-state index < -0.39 is 4.92 Å². The van der Waals surface area contributed by atoms with Crippen LogP contribution >= 0.6 is 23.4 Å². The quantitative estimate of drug-likeness (QED) is 0.448. The average molecular weight is 356 g/mol. The molecule has 1 aromatic heterocycles. The number of aryl methyl sites for hydroxylation is 1. The Balaban J connectivity index is 1.94. The van der Waals surface area contributed by atoms with E-state index in [0.29, 0.717) is 5.16 Å². The minimum absolute atomic E-state index is 0.0719. The van der Waals surface area contributed by atoms with Gasteiger partial charge in [-0.15, -0.1) is 5.10 Å². The summed E-state index contributed by atoms with van der Waals surface area (Å²) >= 11 is 7.09. The van der Waals surface area contributed by atoms with Crippen LogP contribution in [-0.4, -0.2) is 31.8 Å². The van der Waals surface area contributed by atoms with Crippen molar-refractivity contribution < 1.29 is 9.72 Å². The predicted octanol–water partition coefficient (Wildman–Crippen LogP) is 3.05. The van der Waals surface area contributed by atoms with Gasteiger partial charge in [0.2, 0.25) is 11.1 Å². The first-order valence-electron chi connectivity index (χ1n) is 6.77. The minimum Gasteiger partial charge on any atom is -0.324 e. The van der Waals surface area contributed by atoms with Crippen LogP contribution in [0.15, 0.2) is 23.4 Å². The van der Waals surface area contributed by atoms with E-state index in [4.69, 9.17) is 11.6 Å². The van der Waals surface area contributed by atoms with Crippen molar-refractivity contribution in [1.82, 2.24) is 15.2 Å². The van der Waals surface area contributed by atoms with E-state index in [2.05, 4.69) is 20.5 Å². The first-order valence-corrected chi connectivity index (χ1v) is 8.13. The smallest absolute Gasteiger partial charge is 0.271 e. The maximum absolute atomic E-state index is 11.9. The Morgan fingerprint density at radius 2 is 2.30 bits per heavy atom. The molecule has 2 aromatic rings. The van der Waals surface area contributed by atoms with E-state index >= 15 is 0 Å². The fourth-order valence-corrected chi connectivity index (χ4v) is 2.51. The lowest BCUT2D eigenvalue weighted by molar-refractivity contribution is -0.384. The van der Waals surface area contributed by atoms with Gasteiger partial charge in [0.25, 0.3) is 5.69 Å². The van der Waals surface area contributed by atoms with Crippen LogP contribution in [0.4, 0.5) is 11.4 Å². The summed E-state index contributed by atoms with van der Waals surface area (Å²) in [4.78, 5) is 26.4. The molecule has 0 spiro atoms. The third-order valence-electron chi connectivity index (χ3n) is 2.77. The molecule has 2 rings (SSSR count). The number of nitro benzene ring substituents is 1. The summed E-state index contributed by atoms with van der Waals surface area (Å²) in [7, 11) is 0. The maximum Gasteiger partial charge on any atom is 0.271 e. The van der Waals surface area contributed by atoms with Crippen LogP contribution < -0.4 is 5.32 Å². The molecule has 2 N–H and O–H groups in total. The summed E-state index contributed by atoms with van der Waals surface area (Å²) in [5.41, 5.74) is 0.0589. The van der Waals surface area contributed by atoms with Gasteiger partial charge in [0.05, 0.1) is 21.4 Å². The zero-order valence-corrected chi connectivity index (χ0v) is 13.8. The van der Waals surface area contributed by atoms with Crippen molar-refractivity contribution in [2.45, 2.75) is 24.9 Å². The highest BCUT2D eigenvalue weighted by atomic mass is 35.5. The summed E-state index contributed by atoms with van der Waals surface area (Å²) in [5, 5.41) is 20.8. The Morgan fingerprint density at radius 3 is 3.00 bits per heavy atom. The third-order valence-corrected chi connectivity index (χ3v) is 3.94. The number of aromatic amines is 1. The van der Waals surface area contributed by atoms with E-state index in [1.54, 1.807) is 0 Å².